The van der Waals surface area contributed by atoms with Gasteiger partial charge in [0.25, 0.3) is 0 Å². The highest BCUT2D eigenvalue weighted by atomic mass is 127. The van der Waals surface area contributed by atoms with Crippen LogP contribution in [0.4, 0.5) is 4.39 Å². The van der Waals surface area contributed by atoms with Crippen molar-refractivity contribution in [1.29, 1.82) is 0 Å². The van der Waals surface area contributed by atoms with E-state index < -0.39 is 0 Å². The molecular weight excluding hydrogens is 406 g/mol. The molecule has 1 saturated carbocycles. The molecule has 0 heterocycles. The lowest BCUT2D eigenvalue weighted by Crippen LogP contribution is -2.41. The maximum atomic E-state index is 13.4. The van der Waals surface area contributed by atoms with Gasteiger partial charge in [0.1, 0.15) is 5.82 Å². The van der Waals surface area contributed by atoms with Gasteiger partial charge in [-0.1, -0.05) is 31.4 Å². The van der Waals surface area contributed by atoms with E-state index in [2.05, 4.69) is 10.3 Å². The molecule has 1 aromatic rings. The van der Waals surface area contributed by atoms with Crippen molar-refractivity contribution in [3.05, 3.63) is 35.6 Å². The molecule has 4 nitrogen and oxygen atoms in total. The number of nitrogens with two attached hydrogens (primary N) is 1. The van der Waals surface area contributed by atoms with Crippen LogP contribution in [0.15, 0.2) is 29.3 Å². The topological polar surface area (TPSA) is 53.6 Å². The predicted molar refractivity (Wildman–Crippen MR) is 105 cm³/mol. The van der Waals surface area contributed by atoms with Crippen molar-refractivity contribution in [2.75, 3.05) is 20.6 Å². The average molecular weight is 434 g/mol. The van der Waals surface area contributed by atoms with E-state index in [0.717, 1.165) is 18.4 Å². The molecule has 130 valence electrons. The van der Waals surface area contributed by atoms with Crippen molar-refractivity contribution in [3.63, 3.8) is 0 Å². The molecule has 0 radical (unpaired) electrons. The summed E-state index contributed by atoms with van der Waals surface area (Å²) < 4.78 is 13.4. The Labute approximate surface area is 155 Å². The standard InChI is InChI=1S/C17H27FN4.HI/c1-22(2)16(13-7-6-8-14(18)11-13)12-20-17(19)21-15-9-4-3-5-10-15;/h6-8,11,15-16H,3-5,9-10,12H2,1-2H3,(H3,19,20,21);1H. The van der Waals surface area contributed by atoms with Crippen molar-refractivity contribution >= 4 is 29.9 Å². The predicted octanol–water partition coefficient (Wildman–Crippen LogP) is 3.28. The second kappa shape index (κ2) is 10.1. The lowest BCUT2D eigenvalue weighted by atomic mass is 9.96. The van der Waals surface area contributed by atoms with E-state index in [4.69, 9.17) is 5.73 Å². The molecule has 1 unspecified atom stereocenters. The van der Waals surface area contributed by atoms with Crippen LogP contribution in [0.1, 0.15) is 43.7 Å². The molecule has 1 aromatic carbocycles. The molecule has 1 fully saturated rings. The second-order valence-corrected chi connectivity index (χ2v) is 6.24. The number of benzene rings is 1. The Kier molecular flexibility index (Phi) is 8.83. The fourth-order valence-corrected chi connectivity index (χ4v) is 2.97. The van der Waals surface area contributed by atoms with Gasteiger partial charge in [0.05, 0.1) is 12.6 Å². The number of halogens is 2. The quantitative estimate of drug-likeness (QED) is 0.425. The van der Waals surface area contributed by atoms with Crippen LogP contribution < -0.4 is 11.1 Å². The smallest absolute Gasteiger partial charge is 0.188 e. The third-order valence-corrected chi connectivity index (χ3v) is 4.25. The highest BCUT2D eigenvalue weighted by Gasteiger charge is 2.16. The molecule has 6 heteroatoms. The summed E-state index contributed by atoms with van der Waals surface area (Å²) in [5, 5.41) is 3.31. The average Bonchev–Trinajstić information content (AvgIpc) is 2.48. The van der Waals surface area contributed by atoms with Gasteiger partial charge in [-0.05, 0) is 44.6 Å². The molecule has 0 saturated heterocycles. The summed E-state index contributed by atoms with van der Waals surface area (Å²) in [7, 11) is 3.94. The maximum Gasteiger partial charge on any atom is 0.188 e. The Morgan fingerprint density at radius 1 is 1.35 bits per heavy atom. The minimum Gasteiger partial charge on any atom is -0.370 e. The second-order valence-electron chi connectivity index (χ2n) is 6.24. The van der Waals surface area contributed by atoms with Crippen molar-refractivity contribution in [3.8, 4) is 0 Å². The van der Waals surface area contributed by atoms with Crippen LogP contribution in [0, 0.1) is 5.82 Å². The largest absolute Gasteiger partial charge is 0.370 e. The molecule has 2 rings (SSSR count). The van der Waals surface area contributed by atoms with Crippen LogP contribution >= 0.6 is 24.0 Å². The fraction of sp³-hybridized carbons (Fsp3) is 0.588. The number of nitrogens with one attached hydrogen (secondary N) is 1. The van der Waals surface area contributed by atoms with Crippen molar-refractivity contribution < 1.29 is 4.39 Å². The van der Waals surface area contributed by atoms with Crippen LogP contribution in [0.5, 0.6) is 0 Å². The normalized spacial score (nSPS) is 17.7. The summed E-state index contributed by atoms with van der Waals surface area (Å²) in [5.41, 5.74) is 6.92. The number of hydrogen-bond acceptors (Lipinski definition) is 2. The SMILES string of the molecule is CN(C)C(CN=C(N)NC1CCCCC1)c1cccc(F)c1.I. The Morgan fingerprint density at radius 2 is 2.04 bits per heavy atom. The molecule has 0 aliphatic heterocycles. The molecular formula is C17H28FIN4. The van der Waals surface area contributed by atoms with E-state index in [1.165, 1.54) is 25.3 Å². The molecule has 0 amide bonds. The van der Waals surface area contributed by atoms with E-state index in [1.807, 2.05) is 25.1 Å². The first-order chi connectivity index (χ1) is 10.6. The van der Waals surface area contributed by atoms with Gasteiger partial charge in [-0.25, -0.2) is 4.39 Å². The lowest BCUT2D eigenvalue weighted by Gasteiger charge is -2.25. The van der Waals surface area contributed by atoms with E-state index in [1.54, 1.807) is 12.1 Å². The molecule has 1 aliphatic carbocycles. The Bertz CT molecular complexity index is 501. The number of aliphatic imine (C=N–C) groups is 1. The summed E-state index contributed by atoms with van der Waals surface area (Å²) in [4.78, 5) is 6.50. The molecule has 0 bridgehead atoms. The van der Waals surface area contributed by atoms with E-state index >= 15 is 0 Å². The molecule has 23 heavy (non-hydrogen) atoms. The molecule has 3 N–H and O–H groups in total. The maximum absolute atomic E-state index is 13.4. The van der Waals surface area contributed by atoms with E-state index in [-0.39, 0.29) is 35.8 Å². The van der Waals surface area contributed by atoms with Crippen LogP contribution in [-0.4, -0.2) is 37.5 Å². The van der Waals surface area contributed by atoms with Crippen LogP contribution in [-0.2, 0) is 0 Å². The highest BCUT2D eigenvalue weighted by molar-refractivity contribution is 14.0. The van der Waals surface area contributed by atoms with Crippen molar-refractivity contribution in [2.45, 2.75) is 44.2 Å². The van der Waals surface area contributed by atoms with Gasteiger partial charge in [-0.2, -0.15) is 0 Å². The Hall–Kier alpha value is -0.890. The number of likely N-dealkylation sites (N-methyl/N-ethyl adjacent to an activating group) is 1. The first-order valence-corrected chi connectivity index (χ1v) is 8.04. The third kappa shape index (κ3) is 6.63. The molecule has 1 atom stereocenters. The van der Waals surface area contributed by atoms with Crippen LogP contribution in [0.2, 0.25) is 0 Å². The zero-order valence-corrected chi connectivity index (χ0v) is 16.3. The van der Waals surface area contributed by atoms with Crippen LogP contribution in [0.25, 0.3) is 0 Å². The highest BCUT2D eigenvalue weighted by Crippen LogP contribution is 2.20. The van der Waals surface area contributed by atoms with Gasteiger partial charge in [-0.3, -0.25) is 4.99 Å². The lowest BCUT2D eigenvalue weighted by molar-refractivity contribution is 0.305. The molecule has 0 aromatic heterocycles. The number of rotatable bonds is 5. The number of nitrogens with zero attached hydrogens (tertiary/aromatic N) is 2. The number of guanidine groups is 1. The van der Waals surface area contributed by atoms with E-state index in [0.29, 0.717) is 18.5 Å². The minimum atomic E-state index is -0.221. The van der Waals surface area contributed by atoms with Gasteiger partial charge in [0.2, 0.25) is 0 Å². The first-order valence-electron chi connectivity index (χ1n) is 8.04. The third-order valence-electron chi connectivity index (χ3n) is 4.25. The Balaban J connectivity index is 0.00000264. The fourth-order valence-electron chi connectivity index (χ4n) is 2.97. The zero-order chi connectivity index (χ0) is 15.9. The van der Waals surface area contributed by atoms with Gasteiger partial charge >= 0.3 is 0 Å². The van der Waals surface area contributed by atoms with Gasteiger partial charge in [0, 0.05) is 6.04 Å². The summed E-state index contributed by atoms with van der Waals surface area (Å²) >= 11 is 0. The van der Waals surface area contributed by atoms with Gasteiger partial charge < -0.3 is 16.0 Å². The van der Waals surface area contributed by atoms with E-state index in [9.17, 15) is 4.39 Å². The Morgan fingerprint density at radius 3 is 2.65 bits per heavy atom. The summed E-state index contributed by atoms with van der Waals surface area (Å²) in [6.07, 6.45) is 6.16. The van der Waals surface area contributed by atoms with Crippen LogP contribution in [0.3, 0.4) is 0 Å². The monoisotopic (exact) mass is 434 g/mol. The number of hydrogen-bond donors (Lipinski definition) is 2. The van der Waals surface area contributed by atoms with Gasteiger partial charge in [-0.15, -0.1) is 24.0 Å². The first kappa shape index (κ1) is 20.2. The molecule has 1 aliphatic rings. The van der Waals surface area contributed by atoms with Gasteiger partial charge in [0.15, 0.2) is 5.96 Å². The van der Waals surface area contributed by atoms with Crippen molar-refractivity contribution in [2.24, 2.45) is 10.7 Å². The molecule has 0 spiro atoms. The van der Waals surface area contributed by atoms with Crippen molar-refractivity contribution in [1.82, 2.24) is 10.2 Å². The summed E-state index contributed by atoms with van der Waals surface area (Å²) in [6, 6.07) is 7.14. The minimum absolute atomic E-state index is 0. The summed E-state index contributed by atoms with van der Waals surface area (Å²) in [5.74, 6) is 0.275. The summed E-state index contributed by atoms with van der Waals surface area (Å²) in [6.45, 7) is 0.516. The zero-order valence-electron chi connectivity index (χ0n) is 14.0.